The molecule has 1 saturated carbocycles. The van der Waals surface area contributed by atoms with Crippen molar-refractivity contribution in [3.8, 4) is 5.75 Å². The molecule has 1 N–H and O–H groups in total. The first-order valence-electron chi connectivity index (χ1n) is 11.5. The topological polar surface area (TPSA) is 70.1 Å². The minimum Gasteiger partial charge on any atom is -0.497 e. The fraction of sp³-hybridized carbons (Fsp3) is 0.407. The van der Waals surface area contributed by atoms with Gasteiger partial charge in [0.2, 0.25) is 5.91 Å². The van der Waals surface area contributed by atoms with Crippen molar-refractivity contribution in [3.05, 3.63) is 65.7 Å². The highest BCUT2D eigenvalue weighted by molar-refractivity contribution is 5.93. The predicted octanol–water partition coefficient (Wildman–Crippen LogP) is 5.08. The maximum absolute atomic E-state index is 12.8. The van der Waals surface area contributed by atoms with Gasteiger partial charge in [0, 0.05) is 25.5 Å². The quantitative estimate of drug-likeness (QED) is 0.577. The van der Waals surface area contributed by atoms with Gasteiger partial charge in [0.15, 0.2) is 0 Å². The fourth-order valence-electron chi connectivity index (χ4n) is 4.36. The highest BCUT2D eigenvalue weighted by atomic mass is 16.5. The van der Waals surface area contributed by atoms with Crippen LogP contribution in [0.4, 0.5) is 5.69 Å². The summed E-state index contributed by atoms with van der Waals surface area (Å²) in [4.78, 5) is 28.0. The molecule has 0 spiro atoms. The number of ether oxygens (including phenoxy) is 1. The van der Waals surface area contributed by atoms with E-state index in [0.717, 1.165) is 29.0 Å². The summed E-state index contributed by atoms with van der Waals surface area (Å²) in [5.41, 5.74) is 3.46. The largest absolute Gasteiger partial charge is 0.497 e. The van der Waals surface area contributed by atoms with E-state index in [1.165, 1.54) is 37.0 Å². The Labute approximate surface area is 196 Å². The Balaban J connectivity index is 2.05. The van der Waals surface area contributed by atoms with Crippen molar-refractivity contribution in [2.75, 3.05) is 32.6 Å². The normalized spacial score (nSPS) is 13.9. The second-order valence-electron chi connectivity index (χ2n) is 8.91. The molecule has 2 aromatic rings. The summed E-state index contributed by atoms with van der Waals surface area (Å²) >= 11 is 0. The number of nitrogens with zero attached hydrogens (tertiary/aromatic N) is 2. The highest BCUT2D eigenvalue weighted by Crippen LogP contribution is 2.34. The Kier molecular flexibility index (Phi) is 8.15. The molecule has 176 valence electrons. The van der Waals surface area contributed by atoms with Gasteiger partial charge < -0.3 is 19.6 Å². The number of carbonyl (C=O) groups is 2. The number of carboxylic acids is 1. The van der Waals surface area contributed by atoms with E-state index in [-0.39, 0.29) is 18.0 Å². The summed E-state index contributed by atoms with van der Waals surface area (Å²) < 4.78 is 5.27. The Hall–Kier alpha value is -3.28. The summed E-state index contributed by atoms with van der Waals surface area (Å²) in [6.07, 6.45) is 6.95. The van der Waals surface area contributed by atoms with E-state index in [1.807, 2.05) is 35.2 Å². The number of hydrogen-bond donors (Lipinski definition) is 1. The Morgan fingerprint density at radius 1 is 1.03 bits per heavy atom. The first kappa shape index (κ1) is 24.4. The molecule has 0 unspecified atom stereocenters. The maximum atomic E-state index is 12.8. The van der Waals surface area contributed by atoms with E-state index in [4.69, 9.17) is 4.74 Å². The number of carbonyl (C=O) groups excluding carboxylic acids is 1. The summed E-state index contributed by atoms with van der Waals surface area (Å²) in [6, 6.07) is 12.7. The first-order chi connectivity index (χ1) is 15.8. The summed E-state index contributed by atoms with van der Waals surface area (Å²) in [5.74, 6) is 0.213. The van der Waals surface area contributed by atoms with Crippen LogP contribution >= 0.6 is 0 Å². The smallest absolute Gasteiger partial charge is 0.335 e. The van der Waals surface area contributed by atoms with Gasteiger partial charge in [-0.05, 0) is 59.9 Å². The molecule has 1 amide bonds. The molecule has 0 aliphatic heterocycles. The molecule has 0 aromatic heterocycles. The molecule has 0 atom stereocenters. The number of rotatable bonds is 9. The molecule has 0 radical (unpaired) electrons. The maximum Gasteiger partial charge on any atom is 0.335 e. The van der Waals surface area contributed by atoms with Crippen LogP contribution in [0.25, 0.3) is 5.70 Å². The van der Waals surface area contributed by atoms with E-state index in [1.54, 1.807) is 33.3 Å². The summed E-state index contributed by atoms with van der Waals surface area (Å²) in [6.45, 7) is 4.37. The average molecular weight is 451 g/mol. The first-order valence-corrected chi connectivity index (χ1v) is 11.5. The molecular formula is C27H34N2O4. The van der Waals surface area contributed by atoms with Crippen molar-refractivity contribution < 1.29 is 19.4 Å². The van der Waals surface area contributed by atoms with Crippen molar-refractivity contribution >= 4 is 23.3 Å². The molecule has 1 fully saturated rings. The van der Waals surface area contributed by atoms with Crippen LogP contribution in [0.15, 0.2) is 49.0 Å². The van der Waals surface area contributed by atoms with Crippen molar-refractivity contribution in [1.29, 1.82) is 0 Å². The minimum absolute atomic E-state index is 0.0681. The van der Waals surface area contributed by atoms with Crippen LogP contribution in [0.5, 0.6) is 5.75 Å². The number of benzene rings is 2. The van der Waals surface area contributed by atoms with Gasteiger partial charge in [-0.25, -0.2) is 4.79 Å². The number of carboxylic acid groups (broad SMARTS) is 1. The van der Waals surface area contributed by atoms with Crippen LogP contribution in [0.2, 0.25) is 0 Å². The molecule has 1 aliphatic rings. The van der Waals surface area contributed by atoms with Gasteiger partial charge in [-0.3, -0.25) is 4.79 Å². The second-order valence-corrected chi connectivity index (χ2v) is 8.91. The monoisotopic (exact) mass is 450 g/mol. The van der Waals surface area contributed by atoms with Gasteiger partial charge in [0.1, 0.15) is 12.3 Å². The number of hydrogen-bond acceptors (Lipinski definition) is 4. The fourth-order valence-corrected chi connectivity index (χ4v) is 4.36. The molecule has 0 heterocycles. The lowest BCUT2D eigenvalue weighted by atomic mass is 9.84. The summed E-state index contributed by atoms with van der Waals surface area (Å²) in [7, 11) is 5.04. The zero-order chi connectivity index (χ0) is 24.0. The van der Waals surface area contributed by atoms with E-state index in [0.29, 0.717) is 11.6 Å². The van der Waals surface area contributed by atoms with Crippen LogP contribution in [0.1, 0.15) is 53.6 Å². The second kappa shape index (κ2) is 11.0. The van der Waals surface area contributed by atoms with Crippen molar-refractivity contribution in [2.24, 2.45) is 5.92 Å². The zero-order valence-corrected chi connectivity index (χ0v) is 19.8. The molecule has 3 rings (SSSR count). The number of likely N-dealkylation sites (N-methyl/N-ethyl adjacent to an activating group) is 1. The lowest BCUT2D eigenvalue weighted by Gasteiger charge is -2.31. The number of anilines is 1. The minimum atomic E-state index is -0.991. The van der Waals surface area contributed by atoms with E-state index in [2.05, 4.69) is 6.58 Å². The molecule has 0 bridgehead atoms. The third-order valence-electron chi connectivity index (χ3n) is 6.40. The molecule has 6 nitrogen and oxygen atoms in total. The summed E-state index contributed by atoms with van der Waals surface area (Å²) in [5, 5.41) is 9.66. The molecule has 33 heavy (non-hydrogen) atoms. The number of methoxy groups -OCH3 is 1. The van der Waals surface area contributed by atoms with E-state index >= 15 is 0 Å². The van der Waals surface area contributed by atoms with Crippen molar-refractivity contribution in [2.45, 2.75) is 38.5 Å². The zero-order valence-electron chi connectivity index (χ0n) is 19.8. The molecule has 2 aromatic carbocycles. The third-order valence-corrected chi connectivity index (χ3v) is 6.40. The molecular weight excluding hydrogens is 416 g/mol. The van der Waals surface area contributed by atoms with Crippen LogP contribution in [0, 0.1) is 5.92 Å². The van der Waals surface area contributed by atoms with Gasteiger partial charge in [0.05, 0.1) is 12.7 Å². The van der Waals surface area contributed by atoms with Gasteiger partial charge in [0.25, 0.3) is 0 Å². The van der Waals surface area contributed by atoms with Gasteiger partial charge in [-0.2, -0.15) is 0 Å². The number of aromatic carboxylic acids is 1. The lowest BCUT2D eigenvalue weighted by Crippen LogP contribution is -2.36. The predicted molar refractivity (Wildman–Crippen MR) is 132 cm³/mol. The standard InChI is InChI=1S/C27H34N2O4/c1-19(21-12-14-24(33-4)15-13-21)29(18-26(30)28(2)3)25-17-23(27(31)32)11-10-22(25)16-20-8-6-5-7-9-20/h10-15,17,20H,1,5-9,16,18H2,2-4H3,(H,31,32). The van der Waals surface area contributed by atoms with Crippen LogP contribution in [-0.4, -0.2) is 49.6 Å². The van der Waals surface area contributed by atoms with E-state index in [9.17, 15) is 14.7 Å². The number of amides is 1. The highest BCUT2D eigenvalue weighted by Gasteiger charge is 2.23. The lowest BCUT2D eigenvalue weighted by molar-refractivity contribution is -0.127. The van der Waals surface area contributed by atoms with Gasteiger partial charge >= 0.3 is 5.97 Å². The average Bonchev–Trinajstić information content (AvgIpc) is 2.83. The van der Waals surface area contributed by atoms with Crippen LogP contribution in [-0.2, 0) is 11.2 Å². The molecule has 0 saturated heterocycles. The molecule has 6 heteroatoms. The Morgan fingerprint density at radius 2 is 1.67 bits per heavy atom. The van der Waals surface area contributed by atoms with E-state index < -0.39 is 5.97 Å². The third kappa shape index (κ3) is 6.15. The molecule has 1 aliphatic carbocycles. The Morgan fingerprint density at radius 3 is 2.24 bits per heavy atom. The van der Waals surface area contributed by atoms with Crippen LogP contribution < -0.4 is 9.64 Å². The Bertz CT molecular complexity index is 992. The van der Waals surface area contributed by atoms with Crippen molar-refractivity contribution in [3.63, 3.8) is 0 Å². The van der Waals surface area contributed by atoms with Gasteiger partial charge in [-0.15, -0.1) is 0 Å². The van der Waals surface area contributed by atoms with Gasteiger partial charge in [-0.1, -0.05) is 44.7 Å². The SMILES string of the molecule is C=C(c1ccc(OC)cc1)N(CC(=O)N(C)C)c1cc(C(=O)O)ccc1CC1CCCCC1. The van der Waals surface area contributed by atoms with Crippen molar-refractivity contribution in [1.82, 2.24) is 4.90 Å². The van der Waals surface area contributed by atoms with Crippen LogP contribution in [0.3, 0.4) is 0 Å².